The van der Waals surface area contributed by atoms with Gasteiger partial charge in [0.25, 0.3) is 0 Å². The first-order valence-electron chi connectivity index (χ1n) is 23.0. The Labute approximate surface area is 393 Å². The van der Waals surface area contributed by atoms with Gasteiger partial charge in [-0.1, -0.05) is 206 Å². The molecule has 10 aromatic carbocycles. The summed E-state index contributed by atoms with van der Waals surface area (Å²) in [4.78, 5) is 15.9. The van der Waals surface area contributed by atoms with Crippen LogP contribution in [0, 0.1) is 0 Å². The molecule has 0 aliphatic rings. The van der Waals surface area contributed by atoms with Gasteiger partial charge in [0.2, 0.25) is 5.95 Å². The fraction of sp³-hybridized carbons (Fsp3) is 0. The summed E-state index contributed by atoms with van der Waals surface area (Å²) in [6.07, 6.45) is 0. The second kappa shape index (κ2) is 16.4. The quantitative estimate of drug-likeness (QED) is 0.153. The summed E-state index contributed by atoms with van der Waals surface area (Å²) in [5.74, 6) is 1.76. The minimum absolute atomic E-state index is 0.553. The molecular weight excluding hydrogens is 827 g/mol. The van der Waals surface area contributed by atoms with E-state index in [1.807, 2.05) is 24.3 Å². The second-order valence-electron chi connectivity index (χ2n) is 17.2. The maximum absolute atomic E-state index is 5.39. The van der Waals surface area contributed by atoms with Gasteiger partial charge in [0.15, 0.2) is 11.6 Å². The van der Waals surface area contributed by atoms with Gasteiger partial charge in [0.05, 0.1) is 27.8 Å². The van der Waals surface area contributed by atoms with Crippen molar-refractivity contribution in [2.45, 2.75) is 0 Å². The number of fused-ring (bicyclic) bond motifs is 6. The average Bonchev–Trinajstić information content (AvgIpc) is 3.92. The van der Waals surface area contributed by atoms with E-state index in [9.17, 15) is 0 Å². The SMILES string of the molecule is c1ccc(-c2ccc(-c3cccc(-c4nc(-c5ccccc5)nc(-n5c6ccccc6c6cc7c8ccccc8n(-c8ccc(-c9ccccc9)cc8-c8ccccc8)c7cc65)n4)c3)cc2)cc1. The molecule has 0 saturated carbocycles. The van der Waals surface area contributed by atoms with Crippen LogP contribution in [0.2, 0.25) is 0 Å². The molecule has 0 fully saturated rings. The molecule has 68 heavy (non-hydrogen) atoms. The molecule has 0 unspecified atom stereocenters. The molecule has 0 N–H and O–H groups in total. The first kappa shape index (κ1) is 39.2. The zero-order valence-electron chi connectivity index (χ0n) is 36.9. The van der Waals surface area contributed by atoms with Crippen LogP contribution in [-0.4, -0.2) is 24.1 Å². The Morgan fingerprint density at radius 2 is 0.662 bits per heavy atom. The Morgan fingerprint density at radius 3 is 1.29 bits per heavy atom. The van der Waals surface area contributed by atoms with E-state index < -0.39 is 0 Å². The first-order valence-corrected chi connectivity index (χ1v) is 23.0. The van der Waals surface area contributed by atoms with Crippen LogP contribution in [0.3, 0.4) is 0 Å². The van der Waals surface area contributed by atoms with Crippen LogP contribution in [0.1, 0.15) is 0 Å². The van der Waals surface area contributed by atoms with E-state index in [2.05, 4.69) is 234 Å². The van der Waals surface area contributed by atoms with Gasteiger partial charge >= 0.3 is 0 Å². The van der Waals surface area contributed by atoms with Gasteiger partial charge in [-0.05, 0) is 81.4 Å². The van der Waals surface area contributed by atoms with Gasteiger partial charge in [0, 0.05) is 38.2 Å². The molecule has 13 rings (SSSR count). The molecule has 3 heterocycles. The van der Waals surface area contributed by atoms with E-state index in [1.165, 1.54) is 33.0 Å². The van der Waals surface area contributed by atoms with Gasteiger partial charge in [-0.3, -0.25) is 4.57 Å². The summed E-state index contributed by atoms with van der Waals surface area (Å²) in [6.45, 7) is 0. The molecule has 0 spiro atoms. The number of para-hydroxylation sites is 2. The average molecular weight is 868 g/mol. The van der Waals surface area contributed by atoms with Gasteiger partial charge in [-0.25, -0.2) is 4.98 Å². The van der Waals surface area contributed by atoms with E-state index >= 15 is 0 Å². The van der Waals surface area contributed by atoms with Crippen molar-refractivity contribution in [1.29, 1.82) is 0 Å². The molecule has 318 valence electrons. The maximum Gasteiger partial charge on any atom is 0.238 e. The number of aromatic nitrogens is 5. The number of rotatable bonds is 8. The van der Waals surface area contributed by atoms with E-state index in [0.29, 0.717) is 17.6 Å². The zero-order chi connectivity index (χ0) is 45.0. The third-order valence-electron chi connectivity index (χ3n) is 13.2. The predicted octanol–water partition coefficient (Wildman–Crippen LogP) is 16.1. The molecule has 3 aromatic heterocycles. The van der Waals surface area contributed by atoms with Crippen molar-refractivity contribution in [3.8, 4) is 78.9 Å². The normalized spacial score (nSPS) is 11.5. The summed E-state index contributed by atoms with van der Waals surface area (Å²) in [5.41, 5.74) is 16.4. The Kier molecular flexibility index (Phi) is 9.43. The van der Waals surface area contributed by atoms with Gasteiger partial charge < -0.3 is 4.57 Å². The molecule has 0 aliphatic carbocycles. The fourth-order valence-electron chi connectivity index (χ4n) is 9.93. The number of benzene rings is 10. The molecule has 0 saturated heterocycles. The molecule has 5 nitrogen and oxygen atoms in total. The maximum atomic E-state index is 5.39. The van der Waals surface area contributed by atoms with Crippen LogP contribution in [0.5, 0.6) is 0 Å². The van der Waals surface area contributed by atoms with Crippen LogP contribution < -0.4 is 0 Å². The molecular formula is C63H41N5. The highest BCUT2D eigenvalue weighted by atomic mass is 15.2. The molecule has 13 aromatic rings. The standard InChI is InChI=1S/C63H41N5/c1-5-18-42(19-6-1)44-32-34-45(35-33-44)48-26-17-27-50(38-48)62-64-61(47-24-11-4-12-25-47)65-63(66-62)68-57-31-16-14-29-52(57)55-40-54-51-28-13-15-30-56(51)67(59(54)41-60(55)68)58-37-36-49(43-20-7-2-8-21-43)39-53(58)46-22-9-3-10-23-46/h1-41H. The Morgan fingerprint density at radius 1 is 0.235 bits per heavy atom. The Balaban J connectivity index is 1.03. The molecule has 0 radical (unpaired) electrons. The molecule has 0 atom stereocenters. The summed E-state index contributed by atoms with van der Waals surface area (Å²) in [6, 6.07) is 88.3. The number of nitrogens with zero attached hydrogens (tertiary/aromatic N) is 5. The van der Waals surface area contributed by atoms with Crippen molar-refractivity contribution in [2.75, 3.05) is 0 Å². The van der Waals surface area contributed by atoms with E-state index in [0.717, 1.165) is 71.9 Å². The minimum atomic E-state index is 0.553. The highest BCUT2D eigenvalue weighted by Crippen LogP contribution is 2.42. The smallest absolute Gasteiger partial charge is 0.238 e. The highest BCUT2D eigenvalue weighted by molar-refractivity contribution is 6.19. The Hall–Kier alpha value is -9.19. The monoisotopic (exact) mass is 867 g/mol. The largest absolute Gasteiger partial charge is 0.309 e. The van der Waals surface area contributed by atoms with Crippen molar-refractivity contribution < 1.29 is 0 Å². The first-order chi connectivity index (χ1) is 33.7. The molecule has 0 bridgehead atoms. The fourth-order valence-corrected chi connectivity index (χ4v) is 9.93. The predicted molar refractivity (Wildman–Crippen MR) is 281 cm³/mol. The van der Waals surface area contributed by atoms with Crippen molar-refractivity contribution in [3.05, 3.63) is 249 Å². The third-order valence-corrected chi connectivity index (χ3v) is 13.2. The lowest BCUT2D eigenvalue weighted by Gasteiger charge is -2.16. The van der Waals surface area contributed by atoms with Crippen LogP contribution in [-0.2, 0) is 0 Å². The van der Waals surface area contributed by atoms with Crippen molar-refractivity contribution in [3.63, 3.8) is 0 Å². The van der Waals surface area contributed by atoms with Crippen LogP contribution in [0.4, 0.5) is 0 Å². The Bertz CT molecular complexity index is 3990. The second-order valence-corrected chi connectivity index (χ2v) is 17.2. The molecule has 0 amide bonds. The summed E-state index contributed by atoms with van der Waals surface area (Å²) < 4.78 is 4.67. The number of hydrogen-bond donors (Lipinski definition) is 0. The van der Waals surface area contributed by atoms with Crippen LogP contribution in [0.25, 0.3) is 123 Å². The minimum Gasteiger partial charge on any atom is -0.309 e. The topological polar surface area (TPSA) is 48.5 Å². The zero-order valence-corrected chi connectivity index (χ0v) is 36.9. The number of hydrogen-bond acceptors (Lipinski definition) is 3. The van der Waals surface area contributed by atoms with Crippen LogP contribution >= 0.6 is 0 Å². The highest BCUT2D eigenvalue weighted by Gasteiger charge is 2.22. The molecule has 0 aliphatic heterocycles. The lowest BCUT2D eigenvalue weighted by Crippen LogP contribution is -2.06. The summed E-state index contributed by atoms with van der Waals surface area (Å²) in [7, 11) is 0. The summed E-state index contributed by atoms with van der Waals surface area (Å²) in [5, 5.41) is 4.62. The van der Waals surface area contributed by atoms with Gasteiger partial charge in [-0.15, -0.1) is 0 Å². The lowest BCUT2D eigenvalue weighted by molar-refractivity contribution is 0.953. The van der Waals surface area contributed by atoms with Crippen LogP contribution in [0.15, 0.2) is 249 Å². The van der Waals surface area contributed by atoms with Crippen molar-refractivity contribution in [1.82, 2.24) is 24.1 Å². The molecule has 5 heteroatoms. The summed E-state index contributed by atoms with van der Waals surface area (Å²) >= 11 is 0. The van der Waals surface area contributed by atoms with E-state index in [1.54, 1.807) is 0 Å². The van der Waals surface area contributed by atoms with Crippen molar-refractivity contribution in [2.24, 2.45) is 0 Å². The van der Waals surface area contributed by atoms with Gasteiger partial charge in [0.1, 0.15) is 0 Å². The lowest BCUT2D eigenvalue weighted by atomic mass is 9.97. The van der Waals surface area contributed by atoms with E-state index in [4.69, 9.17) is 15.0 Å². The third kappa shape index (κ3) is 6.76. The van der Waals surface area contributed by atoms with Crippen molar-refractivity contribution >= 4 is 43.6 Å². The van der Waals surface area contributed by atoms with Gasteiger partial charge in [-0.2, -0.15) is 9.97 Å². The van der Waals surface area contributed by atoms with E-state index in [-0.39, 0.29) is 0 Å².